The van der Waals surface area contributed by atoms with Crippen molar-refractivity contribution in [1.82, 2.24) is 0 Å². The highest BCUT2D eigenvalue weighted by Crippen LogP contribution is 2.54. The van der Waals surface area contributed by atoms with Crippen LogP contribution in [0.25, 0.3) is 0 Å². The van der Waals surface area contributed by atoms with E-state index in [1.807, 2.05) is 67.3 Å². The van der Waals surface area contributed by atoms with Crippen LogP contribution in [0.3, 0.4) is 0 Å². The van der Waals surface area contributed by atoms with Gasteiger partial charge in [0.2, 0.25) is 5.91 Å². The summed E-state index contributed by atoms with van der Waals surface area (Å²) in [7, 11) is 1.59. The molecule has 3 aromatic rings. The minimum absolute atomic E-state index is 0.0170. The number of benzene rings is 3. The van der Waals surface area contributed by atoms with Crippen molar-refractivity contribution < 1.29 is 19.1 Å². The number of nitrogens with zero attached hydrogens (tertiary/aromatic N) is 1. The van der Waals surface area contributed by atoms with Gasteiger partial charge in [-0.3, -0.25) is 14.4 Å². The van der Waals surface area contributed by atoms with Crippen LogP contribution in [0.4, 0.5) is 17.1 Å². The third kappa shape index (κ3) is 2.94. The van der Waals surface area contributed by atoms with Gasteiger partial charge in [-0.2, -0.15) is 0 Å². The van der Waals surface area contributed by atoms with Crippen molar-refractivity contribution in [3.05, 3.63) is 82.9 Å². The van der Waals surface area contributed by atoms with Gasteiger partial charge in [-0.25, -0.2) is 0 Å². The Labute approximate surface area is 203 Å². The summed E-state index contributed by atoms with van der Waals surface area (Å²) in [6.45, 7) is 3.93. The Bertz CT molecular complexity index is 1410. The molecule has 0 bridgehead atoms. The number of ether oxygens (including phenoxy) is 1. The number of ketones is 1. The number of carbonyl (C=O) groups is 3. The number of aryl methyl sites for hydroxylation is 2. The highest BCUT2D eigenvalue weighted by molar-refractivity contribution is 6.17. The lowest BCUT2D eigenvalue weighted by Crippen LogP contribution is -2.52. The van der Waals surface area contributed by atoms with E-state index in [-0.39, 0.29) is 24.0 Å². The second-order valence-electron chi connectivity index (χ2n) is 9.58. The van der Waals surface area contributed by atoms with E-state index in [4.69, 9.17) is 4.74 Å². The molecule has 176 valence electrons. The summed E-state index contributed by atoms with van der Waals surface area (Å²) in [6, 6.07) is 18.0. The second-order valence-corrected chi connectivity index (χ2v) is 9.58. The van der Waals surface area contributed by atoms with Crippen LogP contribution in [0.2, 0.25) is 0 Å². The highest BCUT2D eigenvalue weighted by Gasteiger charge is 2.63. The minimum atomic E-state index is -1.25. The third-order valence-corrected chi connectivity index (χ3v) is 7.44. The van der Waals surface area contributed by atoms with Gasteiger partial charge >= 0.3 is 0 Å². The number of hydrogen-bond donors (Lipinski definition) is 2. The second kappa shape index (κ2) is 7.43. The normalized spacial score (nSPS) is 24.4. The van der Waals surface area contributed by atoms with Gasteiger partial charge < -0.3 is 20.3 Å². The molecule has 3 aromatic carbocycles. The fourth-order valence-corrected chi connectivity index (χ4v) is 5.87. The molecule has 3 atom stereocenters. The van der Waals surface area contributed by atoms with Gasteiger partial charge in [0.15, 0.2) is 11.3 Å². The molecule has 7 heteroatoms. The maximum atomic E-state index is 13.9. The van der Waals surface area contributed by atoms with E-state index >= 15 is 0 Å². The number of hydrogen-bond acceptors (Lipinski definition) is 5. The zero-order chi connectivity index (χ0) is 24.5. The average molecular weight is 468 g/mol. The van der Waals surface area contributed by atoms with Crippen molar-refractivity contribution in [2.75, 3.05) is 22.6 Å². The van der Waals surface area contributed by atoms with Crippen LogP contribution in [-0.4, -0.2) is 30.7 Å². The largest absolute Gasteiger partial charge is 0.497 e. The zero-order valence-corrected chi connectivity index (χ0v) is 19.7. The monoisotopic (exact) mass is 467 g/mol. The van der Waals surface area contributed by atoms with Gasteiger partial charge in [0.05, 0.1) is 13.0 Å². The molecule has 2 N–H and O–H groups in total. The smallest absolute Gasteiger partial charge is 0.255 e. The number of anilines is 3. The highest BCUT2D eigenvalue weighted by atomic mass is 16.5. The van der Waals surface area contributed by atoms with Crippen molar-refractivity contribution in [3.8, 4) is 5.75 Å². The fraction of sp³-hybridized carbons (Fsp3) is 0.250. The Morgan fingerprint density at radius 3 is 2.29 bits per heavy atom. The summed E-state index contributed by atoms with van der Waals surface area (Å²) in [5.41, 5.74) is 4.38. The summed E-state index contributed by atoms with van der Waals surface area (Å²) >= 11 is 0. The molecule has 1 spiro atoms. The van der Waals surface area contributed by atoms with Gasteiger partial charge in [0, 0.05) is 29.0 Å². The van der Waals surface area contributed by atoms with Crippen LogP contribution < -0.4 is 20.3 Å². The summed E-state index contributed by atoms with van der Waals surface area (Å²) < 4.78 is 5.34. The molecular formula is C28H25N3O4. The van der Waals surface area contributed by atoms with E-state index in [0.717, 1.165) is 22.3 Å². The van der Waals surface area contributed by atoms with E-state index in [0.29, 0.717) is 22.8 Å². The topological polar surface area (TPSA) is 87.7 Å². The number of carbonyl (C=O) groups excluding carboxylic acids is 3. The Kier molecular flexibility index (Phi) is 4.55. The van der Waals surface area contributed by atoms with Gasteiger partial charge in [0.25, 0.3) is 5.91 Å². The van der Waals surface area contributed by atoms with Gasteiger partial charge in [0.1, 0.15) is 11.8 Å². The molecule has 6 rings (SSSR count). The third-order valence-electron chi connectivity index (χ3n) is 7.44. The van der Waals surface area contributed by atoms with E-state index in [9.17, 15) is 14.4 Å². The molecule has 3 aliphatic rings. The van der Waals surface area contributed by atoms with Crippen LogP contribution in [-0.2, 0) is 19.9 Å². The predicted octanol–water partition coefficient (Wildman–Crippen LogP) is 4.04. The summed E-state index contributed by atoms with van der Waals surface area (Å²) in [4.78, 5) is 42.8. The molecule has 35 heavy (non-hydrogen) atoms. The van der Waals surface area contributed by atoms with Crippen LogP contribution in [0.15, 0.2) is 60.7 Å². The summed E-state index contributed by atoms with van der Waals surface area (Å²) in [5, 5.41) is 5.94. The van der Waals surface area contributed by atoms with Gasteiger partial charge in [-0.1, -0.05) is 35.4 Å². The molecule has 0 aliphatic carbocycles. The van der Waals surface area contributed by atoms with Crippen molar-refractivity contribution in [2.45, 2.75) is 37.8 Å². The molecule has 2 amide bonds. The lowest BCUT2D eigenvalue weighted by atomic mass is 9.87. The number of Topliss-reactive ketones (excluding diaryl/α,β-unsaturated/α-hetero) is 1. The van der Waals surface area contributed by atoms with Crippen molar-refractivity contribution in [1.29, 1.82) is 0 Å². The van der Waals surface area contributed by atoms with Crippen LogP contribution in [0, 0.1) is 13.8 Å². The molecule has 0 saturated carbocycles. The zero-order valence-electron chi connectivity index (χ0n) is 19.7. The lowest BCUT2D eigenvalue weighted by molar-refractivity contribution is -0.124. The quantitative estimate of drug-likeness (QED) is 0.607. The summed E-state index contributed by atoms with van der Waals surface area (Å²) in [5.74, 6) is -0.702. The SMILES string of the molecule is COc1ccc(N2C(C3C(=O)Nc4ccc(C)cc43)C(=O)CC23C(=O)Nc2ccc(C)cc23)cc1. The van der Waals surface area contributed by atoms with E-state index in [1.54, 1.807) is 19.2 Å². The predicted molar refractivity (Wildman–Crippen MR) is 133 cm³/mol. The van der Waals surface area contributed by atoms with E-state index < -0.39 is 17.5 Å². The van der Waals surface area contributed by atoms with Crippen LogP contribution in [0.5, 0.6) is 5.75 Å². The molecule has 1 saturated heterocycles. The van der Waals surface area contributed by atoms with Gasteiger partial charge in [-0.05, 0) is 55.8 Å². The maximum absolute atomic E-state index is 13.9. The van der Waals surface area contributed by atoms with E-state index in [1.165, 1.54) is 0 Å². The summed E-state index contributed by atoms with van der Waals surface area (Å²) in [6.07, 6.45) is -0.0170. The number of rotatable bonds is 3. The Balaban J connectivity index is 1.59. The molecule has 0 radical (unpaired) electrons. The molecule has 7 nitrogen and oxygen atoms in total. The Morgan fingerprint density at radius 2 is 1.57 bits per heavy atom. The molecule has 3 unspecified atom stereocenters. The number of methoxy groups -OCH3 is 1. The standard InChI is InChI=1S/C28H25N3O4/c1-15-4-10-21-19(12-15)24(26(33)29-21)25-23(32)14-28(31(25)17-6-8-18(35-3)9-7-17)20-13-16(2)5-11-22(20)30-27(28)34/h4-13,24-25H,14H2,1-3H3,(H,29,33)(H,30,34). The fourth-order valence-electron chi connectivity index (χ4n) is 5.87. The molecule has 3 aliphatic heterocycles. The lowest BCUT2D eigenvalue weighted by Gasteiger charge is -2.39. The number of fused-ring (bicyclic) bond motifs is 3. The first-order valence-corrected chi connectivity index (χ1v) is 11.6. The molecule has 3 heterocycles. The average Bonchev–Trinajstić information content (AvgIpc) is 3.42. The molecule has 0 aromatic heterocycles. The van der Waals surface area contributed by atoms with Gasteiger partial charge in [-0.15, -0.1) is 0 Å². The number of nitrogens with one attached hydrogen (secondary N) is 2. The minimum Gasteiger partial charge on any atom is -0.497 e. The molecular weight excluding hydrogens is 442 g/mol. The molecule has 1 fully saturated rings. The Morgan fingerprint density at radius 1 is 0.886 bits per heavy atom. The first kappa shape index (κ1) is 21.4. The maximum Gasteiger partial charge on any atom is 0.255 e. The van der Waals surface area contributed by atoms with Crippen molar-refractivity contribution in [2.24, 2.45) is 0 Å². The van der Waals surface area contributed by atoms with E-state index in [2.05, 4.69) is 10.6 Å². The Hall–Kier alpha value is -4.13. The van der Waals surface area contributed by atoms with Crippen LogP contribution in [0.1, 0.15) is 34.6 Å². The number of amides is 2. The van der Waals surface area contributed by atoms with Crippen LogP contribution >= 0.6 is 0 Å². The first-order chi connectivity index (χ1) is 16.8. The first-order valence-electron chi connectivity index (χ1n) is 11.6. The van der Waals surface area contributed by atoms with Crippen molar-refractivity contribution >= 4 is 34.7 Å². The van der Waals surface area contributed by atoms with Crippen molar-refractivity contribution in [3.63, 3.8) is 0 Å².